The summed E-state index contributed by atoms with van der Waals surface area (Å²) >= 11 is 5.16. The molecule has 1 rings (SSSR count). The molecule has 0 amide bonds. The fourth-order valence-corrected chi connectivity index (χ4v) is 1.75. The van der Waals surface area contributed by atoms with Crippen molar-refractivity contribution in [3.05, 3.63) is 35.8 Å². The fraction of sp³-hybridized carbons (Fsp3) is 0.417. The Balaban J connectivity index is 2.78. The predicted molar refractivity (Wildman–Crippen MR) is 75.0 cm³/mol. The highest BCUT2D eigenvalue weighted by Crippen LogP contribution is 2.15. The molecular formula is C12H18N4OS. The van der Waals surface area contributed by atoms with Crippen LogP contribution in [0.3, 0.4) is 0 Å². The van der Waals surface area contributed by atoms with Crippen LogP contribution in [0.5, 0.6) is 0 Å². The van der Waals surface area contributed by atoms with Gasteiger partial charge >= 0.3 is 0 Å². The SMILES string of the molecule is CCN(CC)C(=S)N=NC(C)=C1C=CC=CN1O. The van der Waals surface area contributed by atoms with E-state index >= 15 is 0 Å². The van der Waals surface area contributed by atoms with Crippen molar-refractivity contribution in [2.45, 2.75) is 20.8 Å². The molecule has 18 heavy (non-hydrogen) atoms. The van der Waals surface area contributed by atoms with E-state index < -0.39 is 0 Å². The molecule has 0 aromatic rings. The topological polar surface area (TPSA) is 51.4 Å². The second-order valence-electron chi connectivity index (χ2n) is 3.67. The van der Waals surface area contributed by atoms with Gasteiger partial charge in [-0.3, -0.25) is 5.21 Å². The van der Waals surface area contributed by atoms with Gasteiger partial charge in [0.25, 0.3) is 0 Å². The lowest BCUT2D eigenvalue weighted by Crippen LogP contribution is -2.27. The molecule has 0 saturated heterocycles. The number of allylic oxidation sites excluding steroid dienone is 4. The van der Waals surface area contributed by atoms with Gasteiger partial charge in [0.15, 0.2) is 0 Å². The molecule has 0 fully saturated rings. The maximum Gasteiger partial charge on any atom is 0.216 e. The third-order valence-electron chi connectivity index (χ3n) is 2.53. The molecule has 0 aliphatic carbocycles. The van der Waals surface area contributed by atoms with Crippen LogP contribution in [0, 0.1) is 0 Å². The summed E-state index contributed by atoms with van der Waals surface area (Å²) < 4.78 is 0. The van der Waals surface area contributed by atoms with Crippen LogP contribution in [-0.2, 0) is 0 Å². The molecule has 0 saturated carbocycles. The van der Waals surface area contributed by atoms with Gasteiger partial charge in [0, 0.05) is 19.3 Å². The minimum absolute atomic E-state index is 0.458. The van der Waals surface area contributed by atoms with Gasteiger partial charge in [-0.1, -0.05) is 6.08 Å². The lowest BCUT2D eigenvalue weighted by atomic mass is 10.2. The first kappa shape index (κ1) is 14.5. The molecule has 0 unspecified atom stereocenters. The summed E-state index contributed by atoms with van der Waals surface area (Å²) in [6, 6.07) is 0. The van der Waals surface area contributed by atoms with Crippen molar-refractivity contribution in [2.24, 2.45) is 10.2 Å². The number of thiocarbonyl (C=S) groups is 1. The molecule has 0 atom stereocenters. The molecule has 1 heterocycles. The van der Waals surface area contributed by atoms with Gasteiger partial charge in [-0.25, -0.2) is 5.06 Å². The Hall–Kier alpha value is -1.53. The van der Waals surface area contributed by atoms with E-state index in [0.717, 1.165) is 18.2 Å². The highest BCUT2D eigenvalue weighted by Gasteiger charge is 2.08. The van der Waals surface area contributed by atoms with Gasteiger partial charge in [0.2, 0.25) is 5.11 Å². The molecule has 6 heteroatoms. The van der Waals surface area contributed by atoms with E-state index in [-0.39, 0.29) is 0 Å². The number of hydrogen-bond donors (Lipinski definition) is 1. The maximum absolute atomic E-state index is 9.60. The van der Waals surface area contributed by atoms with E-state index in [2.05, 4.69) is 10.2 Å². The minimum Gasteiger partial charge on any atom is -0.347 e. The van der Waals surface area contributed by atoms with Crippen molar-refractivity contribution in [1.82, 2.24) is 9.96 Å². The molecule has 98 valence electrons. The van der Waals surface area contributed by atoms with Gasteiger partial charge in [-0.15, -0.1) is 5.11 Å². The number of hydroxylamine groups is 2. The van der Waals surface area contributed by atoms with Crippen molar-refractivity contribution < 1.29 is 5.21 Å². The lowest BCUT2D eigenvalue weighted by molar-refractivity contribution is -0.00149. The molecule has 0 aromatic heterocycles. The Bertz CT molecular complexity index is 422. The van der Waals surface area contributed by atoms with Crippen LogP contribution in [0.2, 0.25) is 0 Å². The summed E-state index contributed by atoms with van der Waals surface area (Å²) in [7, 11) is 0. The summed E-state index contributed by atoms with van der Waals surface area (Å²) in [5.74, 6) is 0. The van der Waals surface area contributed by atoms with Crippen LogP contribution in [0.15, 0.2) is 46.1 Å². The first-order valence-corrected chi connectivity index (χ1v) is 6.25. The van der Waals surface area contributed by atoms with Crippen molar-refractivity contribution in [2.75, 3.05) is 13.1 Å². The van der Waals surface area contributed by atoms with E-state index in [9.17, 15) is 5.21 Å². The van der Waals surface area contributed by atoms with Crippen molar-refractivity contribution in [3.63, 3.8) is 0 Å². The third-order valence-corrected chi connectivity index (χ3v) is 2.87. The predicted octanol–water partition coefficient (Wildman–Crippen LogP) is 3.07. The minimum atomic E-state index is 0.458. The standard InChI is InChI=1S/C12H18N4OS/c1-4-15(5-2)12(18)14-13-10(3)11-8-6-7-9-16(11)17/h6-9,17H,4-5H2,1-3H3. The summed E-state index contributed by atoms with van der Waals surface area (Å²) in [4.78, 5) is 1.93. The molecule has 0 bridgehead atoms. The van der Waals surface area contributed by atoms with Gasteiger partial charge in [0.05, 0.1) is 11.4 Å². The van der Waals surface area contributed by atoms with E-state index in [0.29, 0.717) is 16.5 Å². The highest BCUT2D eigenvalue weighted by molar-refractivity contribution is 7.80. The van der Waals surface area contributed by atoms with E-state index in [1.165, 1.54) is 6.20 Å². The molecule has 0 radical (unpaired) electrons. The zero-order valence-corrected chi connectivity index (χ0v) is 11.7. The molecule has 0 spiro atoms. The molecule has 1 aliphatic heterocycles. The van der Waals surface area contributed by atoms with E-state index in [1.54, 1.807) is 19.1 Å². The van der Waals surface area contributed by atoms with Crippen molar-refractivity contribution >= 4 is 17.3 Å². The lowest BCUT2D eigenvalue weighted by Gasteiger charge is -2.18. The number of azo groups is 1. The van der Waals surface area contributed by atoms with Crippen LogP contribution >= 0.6 is 12.2 Å². The Kier molecular flexibility index (Phi) is 5.67. The third kappa shape index (κ3) is 3.75. The van der Waals surface area contributed by atoms with Gasteiger partial charge in [-0.2, -0.15) is 5.11 Å². The van der Waals surface area contributed by atoms with Crippen molar-refractivity contribution in [3.8, 4) is 0 Å². The zero-order valence-electron chi connectivity index (χ0n) is 10.9. The van der Waals surface area contributed by atoms with E-state index in [1.807, 2.05) is 24.8 Å². The second kappa shape index (κ2) is 7.03. The molecular weight excluding hydrogens is 248 g/mol. The monoisotopic (exact) mass is 266 g/mol. The molecule has 5 nitrogen and oxygen atoms in total. The molecule has 1 N–H and O–H groups in total. The summed E-state index contributed by atoms with van der Waals surface area (Å²) in [6.45, 7) is 7.41. The summed E-state index contributed by atoms with van der Waals surface area (Å²) in [5.41, 5.74) is 1.19. The highest BCUT2D eigenvalue weighted by atomic mass is 32.1. The average molecular weight is 266 g/mol. The van der Waals surface area contributed by atoms with Crippen molar-refractivity contribution in [1.29, 1.82) is 0 Å². The molecule has 0 aromatic carbocycles. The normalized spacial score (nSPS) is 17.4. The quantitative estimate of drug-likeness (QED) is 0.630. The van der Waals surface area contributed by atoms with Crippen LogP contribution in [-0.4, -0.2) is 33.4 Å². The smallest absolute Gasteiger partial charge is 0.216 e. The zero-order chi connectivity index (χ0) is 13.5. The van der Waals surface area contributed by atoms with Crippen LogP contribution in [0.25, 0.3) is 0 Å². The van der Waals surface area contributed by atoms with Crippen LogP contribution < -0.4 is 0 Å². The van der Waals surface area contributed by atoms with Crippen LogP contribution in [0.1, 0.15) is 20.8 Å². The number of nitrogens with zero attached hydrogens (tertiary/aromatic N) is 4. The number of rotatable bonds is 3. The van der Waals surface area contributed by atoms with Gasteiger partial charge < -0.3 is 4.90 Å². The molecule has 1 aliphatic rings. The Morgan fingerprint density at radius 1 is 1.33 bits per heavy atom. The van der Waals surface area contributed by atoms with E-state index in [4.69, 9.17) is 12.2 Å². The summed E-state index contributed by atoms with van der Waals surface area (Å²) in [6.07, 6.45) is 6.85. The maximum atomic E-state index is 9.60. The Labute approximate surface area is 113 Å². The first-order chi connectivity index (χ1) is 8.60. The first-order valence-electron chi connectivity index (χ1n) is 5.84. The Morgan fingerprint density at radius 3 is 2.56 bits per heavy atom. The average Bonchev–Trinajstić information content (AvgIpc) is 2.38. The summed E-state index contributed by atoms with van der Waals surface area (Å²) in [5, 5.41) is 19.1. The second-order valence-corrected chi connectivity index (χ2v) is 4.04. The van der Waals surface area contributed by atoms with Gasteiger partial charge in [-0.05, 0) is 45.1 Å². The Morgan fingerprint density at radius 2 is 2.00 bits per heavy atom. The largest absolute Gasteiger partial charge is 0.347 e. The van der Waals surface area contributed by atoms with Gasteiger partial charge in [0.1, 0.15) is 0 Å². The fourth-order valence-electron chi connectivity index (χ4n) is 1.45. The number of hydrogen-bond acceptors (Lipinski definition) is 4. The van der Waals surface area contributed by atoms with Crippen LogP contribution in [0.4, 0.5) is 0 Å².